The van der Waals surface area contributed by atoms with E-state index >= 15 is 0 Å². The number of benzene rings is 1. The fraction of sp³-hybridized carbons (Fsp3) is 0.214. The van der Waals surface area contributed by atoms with E-state index in [1.54, 1.807) is 13.3 Å². The van der Waals surface area contributed by atoms with Gasteiger partial charge in [0.05, 0.1) is 13.2 Å². The highest BCUT2D eigenvalue weighted by Gasteiger charge is 2.16. The molecule has 3 N–H and O–H groups in total. The second kappa shape index (κ2) is 7.17. The molecular weight excluding hydrogens is 386 g/mol. The Morgan fingerprint density at radius 1 is 1.25 bits per heavy atom. The first-order chi connectivity index (χ1) is 9.63. The summed E-state index contributed by atoms with van der Waals surface area (Å²) in [5.74, 6) is 6.50. The third-order valence-corrected chi connectivity index (χ3v) is 3.93. The normalized spacial score (nSPS) is 12.2. The van der Waals surface area contributed by atoms with Crippen molar-refractivity contribution in [3.8, 4) is 5.75 Å². The van der Waals surface area contributed by atoms with E-state index in [9.17, 15) is 0 Å². The van der Waals surface area contributed by atoms with E-state index in [0.717, 1.165) is 26.0 Å². The Balaban J connectivity index is 2.28. The summed E-state index contributed by atoms with van der Waals surface area (Å²) < 4.78 is 7.34. The molecule has 2 rings (SSSR count). The first-order valence-corrected chi connectivity index (χ1v) is 7.62. The fourth-order valence-corrected chi connectivity index (χ4v) is 2.59. The molecule has 106 valence electrons. The lowest BCUT2D eigenvalue weighted by molar-refractivity contribution is 0.398. The SMILES string of the molecule is COc1ccc(Br)cc1C(Cc1ccc(Br)cn1)NN. The largest absolute Gasteiger partial charge is 0.496 e. The molecule has 20 heavy (non-hydrogen) atoms. The minimum absolute atomic E-state index is 0.0730. The standard InChI is InChI=1S/C14H15Br2N3O/c1-20-14-5-3-9(15)6-12(14)13(19-17)7-11-4-2-10(16)8-18-11/h2-6,8,13,19H,7,17H2,1H3. The predicted molar refractivity (Wildman–Crippen MR) is 86.4 cm³/mol. The number of nitrogens with two attached hydrogens (primary N) is 1. The van der Waals surface area contributed by atoms with Crippen LogP contribution in [0.25, 0.3) is 0 Å². The van der Waals surface area contributed by atoms with Crippen LogP contribution in [0.3, 0.4) is 0 Å². The van der Waals surface area contributed by atoms with Crippen molar-refractivity contribution in [3.63, 3.8) is 0 Å². The summed E-state index contributed by atoms with van der Waals surface area (Å²) in [7, 11) is 1.65. The monoisotopic (exact) mass is 399 g/mol. The molecule has 0 saturated carbocycles. The Hall–Kier alpha value is -0.950. The summed E-state index contributed by atoms with van der Waals surface area (Å²) in [6.07, 6.45) is 2.46. The molecule has 1 heterocycles. The van der Waals surface area contributed by atoms with Gasteiger partial charge in [-0.3, -0.25) is 16.3 Å². The van der Waals surface area contributed by atoms with Crippen LogP contribution in [0.4, 0.5) is 0 Å². The Morgan fingerprint density at radius 2 is 2.00 bits per heavy atom. The van der Waals surface area contributed by atoms with E-state index in [-0.39, 0.29) is 6.04 Å². The molecule has 0 fully saturated rings. The minimum Gasteiger partial charge on any atom is -0.496 e. The van der Waals surface area contributed by atoms with Gasteiger partial charge in [-0.25, -0.2) is 0 Å². The van der Waals surface area contributed by atoms with Crippen LogP contribution in [0.5, 0.6) is 5.75 Å². The maximum absolute atomic E-state index is 5.70. The highest BCUT2D eigenvalue weighted by molar-refractivity contribution is 9.10. The smallest absolute Gasteiger partial charge is 0.123 e. The highest BCUT2D eigenvalue weighted by Crippen LogP contribution is 2.30. The van der Waals surface area contributed by atoms with E-state index in [1.807, 2.05) is 30.3 Å². The lowest BCUT2D eigenvalue weighted by atomic mass is 10.0. The number of nitrogens with zero attached hydrogens (tertiary/aromatic N) is 1. The lowest BCUT2D eigenvalue weighted by Crippen LogP contribution is -2.30. The van der Waals surface area contributed by atoms with Gasteiger partial charge in [0, 0.05) is 32.8 Å². The molecule has 0 aliphatic carbocycles. The van der Waals surface area contributed by atoms with Crippen LogP contribution in [-0.2, 0) is 6.42 Å². The Morgan fingerprint density at radius 3 is 2.60 bits per heavy atom. The molecule has 0 bridgehead atoms. The first kappa shape index (κ1) is 15.4. The molecule has 0 aliphatic rings. The van der Waals surface area contributed by atoms with Crippen LogP contribution >= 0.6 is 31.9 Å². The third-order valence-electron chi connectivity index (χ3n) is 2.97. The van der Waals surface area contributed by atoms with Gasteiger partial charge in [-0.1, -0.05) is 15.9 Å². The Bertz CT molecular complexity index is 575. The van der Waals surface area contributed by atoms with Crippen molar-refractivity contribution < 1.29 is 4.74 Å². The summed E-state index contributed by atoms with van der Waals surface area (Å²) in [5, 5.41) is 0. The van der Waals surface area contributed by atoms with Crippen molar-refractivity contribution in [2.75, 3.05) is 7.11 Å². The molecular formula is C14H15Br2N3O. The minimum atomic E-state index is -0.0730. The number of ether oxygens (including phenoxy) is 1. The summed E-state index contributed by atoms with van der Waals surface area (Å²) in [4.78, 5) is 4.37. The highest BCUT2D eigenvalue weighted by atomic mass is 79.9. The van der Waals surface area contributed by atoms with Crippen molar-refractivity contribution in [3.05, 3.63) is 56.7 Å². The van der Waals surface area contributed by atoms with Crippen molar-refractivity contribution in [2.24, 2.45) is 5.84 Å². The van der Waals surface area contributed by atoms with Crippen LogP contribution in [0.15, 0.2) is 45.5 Å². The molecule has 0 saturated heterocycles. The van der Waals surface area contributed by atoms with E-state index in [0.29, 0.717) is 6.42 Å². The van der Waals surface area contributed by atoms with Gasteiger partial charge in [-0.2, -0.15) is 0 Å². The molecule has 1 aromatic carbocycles. The van der Waals surface area contributed by atoms with E-state index < -0.39 is 0 Å². The zero-order valence-electron chi connectivity index (χ0n) is 10.9. The first-order valence-electron chi connectivity index (χ1n) is 6.04. The van der Waals surface area contributed by atoms with Crippen molar-refractivity contribution in [1.29, 1.82) is 0 Å². The van der Waals surface area contributed by atoms with Crippen LogP contribution in [0.2, 0.25) is 0 Å². The van der Waals surface area contributed by atoms with Crippen molar-refractivity contribution in [1.82, 2.24) is 10.4 Å². The average Bonchev–Trinajstić information content (AvgIpc) is 2.46. The average molecular weight is 401 g/mol. The second-order valence-electron chi connectivity index (χ2n) is 4.28. The van der Waals surface area contributed by atoms with Crippen LogP contribution in [0.1, 0.15) is 17.3 Å². The third kappa shape index (κ3) is 3.79. The van der Waals surface area contributed by atoms with Gasteiger partial charge >= 0.3 is 0 Å². The number of hydrogen-bond acceptors (Lipinski definition) is 4. The van der Waals surface area contributed by atoms with E-state index in [2.05, 4.69) is 42.3 Å². The van der Waals surface area contributed by atoms with Crippen molar-refractivity contribution in [2.45, 2.75) is 12.5 Å². The van der Waals surface area contributed by atoms with Crippen LogP contribution < -0.4 is 16.0 Å². The Labute approximate surface area is 135 Å². The number of halogens is 2. The maximum Gasteiger partial charge on any atom is 0.123 e. The number of hydrazine groups is 1. The maximum atomic E-state index is 5.70. The molecule has 1 atom stereocenters. The number of aromatic nitrogens is 1. The van der Waals surface area contributed by atoms with Gasteiger partial charge < -0.3 is 4.74 Å². The van der Waals surface area contributed by atoms with Gasteiger partial charge in [0.15, 0.2) is 0 Å². The van der Waals surface area contributed by atoms with Crippen molar-refractivity contribution >= 4 is 31.9 Å². The number of rotatable bonds is 5. The van der Waals surface area contributed by atoms with Gasteiger partial charge in [0.2, 0.25) is 0 Å². The summed E-state index contributed by atoms with van der Waals surface area (Å²) in [6, 6.07) is 9.72. The number of methoxy groups -OCH3 is 1. The topological polar surface area (TPSA) is 60.2 Å². The lowest BCUT2D eigenvalue weighted by Gasteiger charge is -2.19. The fourth-order valence-electron chi connectivity index (χ4n) is 1.97. The summed E-state index contributed by atoms with van der Waals surface area (Å²) in [6.45, 7) is 0. The predicted octanol–water partition coefficient (Wildman–Crippen LogP) is 3.36. The zero-order chi connectivity index (χ0) is 14.5. The molecule has 4 nitrogen and oxygen atoms in total. The van der Waals surface area contributed by atoms with Gasteiger partial charge in [-0.05, 0) is 46.3 Å². The van der Waals surface area contributed by atoms with Crippen LogP contribution in [0, 0.1) is 0 Å². The van der Waals surface area contributed by atoms with E-state index in [4.69, 9.17) is 10.6 Å². The molecule has 0 radical (unpaired) electrons. The zero-order valence-corrected chi connectivity index (χ0v) is 14.1. The number of pyridine rings is 1. The van der Waals surface area contributed by atoms with Gasteiger partial charge in [0.1, 0.15) is 5.75 Å². The second-order valence-corrected chi connectivity index (χ2v) is 6.11. The summed E-state index contributed by atoms with van der Waals surface area (Å²) >= 11 is 6.85. The number of hydrogen-bond donors (Lipinski definition) is 2. The Kier molecular flexibility index (Phi) is 5.54. The van der Waals surface area contributed by atoms with Crippen LogP contribution in [-0.4, -0.2) is 12.1 Å². The number of nitrogens with one attached hydrogen (secondary N) is 1. The van der Waals surface area contributed by atoms with Gasteiger partial charge in [-0.15, -0.1) is 0 Å². The molecule has 0 spiro atoms. The molecule has 0 aliphatic heterocycles. The quantitative estimate of drug-likeness (QED) is 0.596. The summed E-state index contributed by atoms with van der Waals surface area (Å²) in [5.41, 5.74) is 4.78. The molecule has 1 aromatic heterocycles. The molecule has 0 amide bonds. The van der Waals surface area contributed by atoms with Gasteiger partial charge in [0.25, 0.3) is 0 Å². The molecule has 1 unspecified atom stereocenters. The van der Waals surface area contributed by atoms with E-state index in [1.165, 1.54) is 0 Å². The molecule has 6 heteroatoms. The molecule has 2 aromatic rings.